The lowest BCUT2D eigenvalue weighted by Gasteiger charge is -2.09. The number of hydrogen-bond acceptors (Lipinski definition) is 6. The normalized spacial score (nSPS) is 10.6. The largest absolute Gasteiger partial charge is 0.382 e. The van der Waals surface area contributed by atoms with E-state index < -0.39 is 23.1 Å². The molecule has 1 heterocycles. The van der Waals surface area contributed by atoms with Gasteiger partial charge in [0.05, 0.1) is 5.75 Å². The fourth-order valence-electron chi connectivity index (χ4n) is 2.47. The van der Waals surface area contributed by atoms with Crippen LogP contribution >= 0.6 is 11.8 Å². The van der Waals surface area contributed by atoms with Crippen LogP contribution in [0.5, 0.6) is 0 Å². The van der Waals surface area contributed by atoms with Crippen LogP contribution in [0.4, 0.5) is 24.7 Å². The Bertz CT molecular complexity index is 1220. The van der Waals surface area contributed by atoms with Crippen molar-refractivity contribution in [1.29, 1.82) is 0 Å². The molecule has 1 aromatic heterocycles. The molecule has 166 valence electrons. The van der Waals surface area contributed by atoms with Crippen LogP contribution < -0.4 is 21.9 Å². The molecule has 0 aliphatic heterocycles. The highest BCUT2D eigenvalue weighted by Crippen LogP contribution is 2.18. The summed E-state index contributed by atoms with van der Waals surface area (Å²) < 4.78 is 39.2. The summed E-state index contributed by atoms with van der Waals surface area (Å²) >= 11 is 0.899. The number of benzene rings is 2. The minimum Gasteiger partial charge on any atom is -0.382 e. The van der Waals surface area contributed by atoms with Crippen molar-refractivity contribution in [1.82, 2.24) is 15.3 Å². The van der Waals surface area contributed by atoms with Crippen molar-refractivity contribution in [3.63, 3.8) is 0 Å². The van der Waals surface area contributed by atoms with Crippen molar-refractivity contribution in [2.24, 2.45) is 0 Å². The molecule has 32 heavy (non-hydrogen) atoms. The number of aromatic nitrogens is 2. The lowest BCUT2D eigenvalue weighted by molar-refractivity contribution is -0.118. The van der Waals surface area contributed by atoms with Crippen LogP contribution in [-0.2, 0) is 11.3 Å². The topological polar surface area (TPSA) is 130 Å². The molecule has 2 aromatic carbocycles. The number of halogens is 3. The van der Waals surface area contributed by atoms with Gasteiger partial charge in [0.1, 0.15) is 11.5 Å². The predicted octanol–water partition coefficient (Wildman–Crippen LogP) is 2.43. The molecule has 5 N–H and O–H groups in total. The van der Waals surface area contributed by atoms with E-state index in [4.69, 9.17) is 5.73 Å². The van der Waals surface area contributed by atoms with Crippen molar-refractivity contribution in [3.8, 4) is 0 Å². The Morgan fingerprint density at radius 1 is 1.06 bits per heavy atom. The Hall–Kier alpha value is -3.80. The molecule has 8 nitrogen and oxygen atoms in total. The monoisotopic (exact) mass is 463 g/mol. The number of rotatable bonds is 7. The number of nitrogens with zero attached hydrogens (tertiary/aromatic N) is 1. The van der Waals surface area contributed by atoms with Crippen LogP contribution in [0, 0.1) is 17.5 Å². The third kappa shape index (κ3) is 5.88. The third-order valence-corrected chi connectivity index (χ3v) is 4.96. The number of hydrogen-bond donors (Lipinski definition) is 4. The molecule has 0 radical (unpaired) electrons. The smallest absolute Gasteiger partial charge is 0.277 e. The molecule has 0 saturated heterocycles. The first-order valence-electron chi connectivity index (χ1n) is 9.03. The van der Waals surface area contributed by atoms with E-state index >= 15 is 0 Å². The first-order valence-corrected chi connectivity index (χ1v) is 10.0. The maximum atomic E-state index is 13.3. The maximum absolute atomic E-state index is 13.3. The lowest BCUT2D eigenvalue weighted by Crippen LogP contribution is -2.25. The van der Waals surface area contributed by atoms with Crippen molar-refractivity contribution < 1.29 is 22.8 Å². The number of H-pyrrole nitrogens is 1. The van der Waals surface area contributed by atoms with E-state index in [2.05, 4.69) is 20.6 Å². The molecule has 0 aliphatic carbocycles. The SMILES string of the molecule is Nc1nc(SCC(=O)NCc2ccc(F)cc2)[nH]c(=O)c1NC(=O)c1ccc(F)c(F)c1. The summed E-state index contributed by atoms with van der Waals surface area (Å²) in [7, 11) is 0. The van der Waals surface area contributed by atoms with E-state index in [0.29, 0.717) is 11.6 Å². The van der Waals surface area contributed by atoms with Crippen LogP contribution in [0.15, 0.2) is 52.4 Å². The molecule has 0 atom stereocenters. The molecule has 0 spiro atoms. The molecule has 3 aromatic rings. The second kappa shape index (κ2) is 10.0. The summed E-state index contributed by atoms with van der Waals surface area (Å²) in [6.45, 7) is 0.195. The number of nitrogens with one attached hydrogen (secondary N) is 3. The van der Waals surface area contributed by atoms with Gasteiger partial charge in [-0.3, -0.25) is 19.4 Å². The first kappa shape index (κ1) is 22.9. The van der Waals surface area contributed by atoms with Gasteiger partial charge < -0.3 is 16.4 Å². The number of carbonyl (C=O) groups is 2. The predicted molar refractivity (Wildman–Crippen MR) is 113 cm³/mol. The first-order chi connectivity index (χ1) is 15.2. The van der Waals surface area contributed by atoms with Gasteiger partial charge in [0.15, 0.2) is 22.6 Å². The van der Waals surface area contributed by atoms with Crippen molar-refractivity contribution >= 4 is 35.1 Å². The van der Waals surface area contributed by atoms with Gasteiger partial charge in [0.2, 0.25) is 5.91 Å². The highest BCUT2D eigenvalue weighted by molar-refractivity contribution is 7.99. The minimum atomic E-state index is -1.22. The molecule has 0 unspecified atom stereocenters. The van der Waals surface area contributed by atoms with Crippen LogP contribution in [0.2, 0.25) is 0 Å². The standard InChI is InChI=1S/C20H16F3N5O3S/c21-12-4-1-10(2-5-12)8-25-15(29)9-32-20-27-17(24)16(19(31)28-20)26-18(30)11-3-6-13(22)14(23)7-11/h1-7H,8-9H2,(H,25,29)(H,26,30)(H3,24,27,28,31). The Balaban J connectivity index is 1.59. The molecule has 12 heteroatoms. The molecule has 0 aliphatic rings. The number of nitrogen functional groups attached to an aromatic ring is 1. The summed E-state index contributed by atoms with van der Waals surface area (Å²) in [4.78, 5) is 42.7. The zero-order valence-electron chi connectivity index (χ0n) is 16.2. The van der Waals surface area contributed by atoms with Crippen molar-refractivity contribution in [3.05, 3.63) is 81.4 Å². The quantitative estimate of drug-likeness (QED) is 0.315. The number of nitrogens with two attached hydrogens (primary N) is 1. The summed E-state index contributed by atoms with van der Waals surface area (Å²) in [5.74, 6) is -4.39. The van der Waals surface area contributed by atoms with E-state index in [-0.39, 0.29) is 46.2 Å². The summed E-state index contributed by atoms with van der Waals surface area (Å²) in [6.07, 6.45) is 0. The van der Waals surface area contributed by atoms with E-state index in [1.165, 1.54) is 24.3 Å². The minimum absolute atomic E-state index is 0.0373. The van der Waals surface area contributed by atoms with Gasteiger partial charge in [-0.15, -0.1) is 0 Å². The van der Waals surface area contributed by atoms with Gasteiger partial charge in [0, 0.05) is 12.1 Å². The molecule has 0 bridgehead atoms. The zero-order valence-corrected chi connectivity index (χ0v) is 17.1. The van der Waals surface area contributed by atoms with Crippen LogP contribution in [0.3, 0.4) is 0 Å². The van der Waals surface area contributed by atoms with Gasteiger partial charge >= 0.3 is 0 Å². The van der Waals surface area contributed by atoms with E-state index in [1.54, 1.807) is 0 Å². The number of thioether (sulfide) groups is 1. The van der Waals surface area contributed by atoms with E-state index in [9.17, 15) is 27.6 Å². The molecular formula is C20H16F3N5O3S. The highest BCUT2D eigenvalue weighted by Gasteiger charge is 2.16. The summed E-state index contributed by atoms with van der Waals surface area (Å²) in [5.41, 5.74) is 5.06. The van der Waals surface area contributed by atoms with Gasteiger partial charge in [-0.2, -0.15) is 0 Å². The average Bonchev–Trinajstić information content (AvgIpc) is 2.76. The van der Waals surface area contributed by atoms with Crippen molar-refractivity contribution in [2.75, 3.05) is 16.8 Å². The number of aromatic amines is 1. The average molecular weight is 463 g/mol. The Morgan fingerprint density at radius 3 is 2.44 bits per heavy atom. The zero-order chi connectivity index (χ0) is 23.3. The fourth-order valence-corrected chi connectivity index (χ4v) is 3.17. The van der Waals surface area contributed by atoms with Gasteiger partial charge in [-0.05, 0) is 35.9 Å². The van der Waals surface area contributed by atoms with Gasteiger partial charge in [-0.1, -0.05) is 23.9 Å². The lowest BCUT2D eigenvalue weighted by atomic mass is 10.2. The Kier molecular flexibility index (Phi) is 7.15. The maximum Gasteiger partial charge on any atom is 0.277 e. The molecular weight excluding hydrogens is 447 g/mol. The number of amides is 2. The van der Waals surface area contributed by atoms with Gasteiger partial charge in [-0.25, -0.2) is 18.2 Å². The molecule has 0 fully saturated rings. The number of carbonyl (C=O) groups excluding carboxylic acids is 2. The van der Waals surface area contributed by atoms with Crippen LogP contribution in [-0.4, -0.2) is 27.5 Å². The van der Waals surface area contributed by atoms with Gasteiger partial charge in [0.25, 0.3) is 11.5 Å². The van der Waals surface area contributed by atoms with E-state index in [0.717, 1.165) is 23.9 Å². The summed E-state index contributed by atoms with van der Waals surface area (Å²) in [5, 5.41) is 4.87. The van der Waals surface area contributed by atoms with Crippen molar-refractivity contribution in [2.45, 2.75) is 11.7 Å². The Labute approximate surface area is 183 Å². The summed E-state index contributed by atoms with van der Waals surface area (Å²) in [6, 6.07) is 8.13. The molecule has 2 amide bonds. The van der Waals surface area contributed by atoms with Crippen LogP contribution in [0.25, 0.3) is 0 Å². The fraction of sp³-hybridized carbons (Fsp3) is 0.100. The Morgan fingerprint density at radius 2 is 1.78 bits per heavy atom. The van der Waals surface area contributed by atoms with E-state index in [1.807, 2.05) is 0 Å². The molecule has 0 saturated carbocycles. The second-order valence-electron chi connectivity index (χ2n) is 6.41. The highest BCUT2D eigenvalue weighted by atomic mass is 32.2. The molecule has 3 rings (SSSR count). The third-order valence-electron chi connectivity index (χ3n) is 4.09. The number of anilines is 2. The van der Waals surface area contributed by atoms with Crippen LogP contribution in [0.1, 0.15) is 15.9 Å². The second-order valence-corrected chi connectivity index (χ2v) is 7.37.